The van der Waals surface area contributed by atoms with Crippen molar-refractivity contribution in [1.29, 1.82) is 0 Å². The van der Waals surface area contributed by atoms with E-state index in [1.54, 1.807) is 12.1 Å². The predicted octanol–water partition coefficient (Wildman–Crippen LogP) is 3.09. The summed E-state index contributed by atoms with van der Waals surface area (Å²) in [6, 6.07) is 4.98. The lowest BCUT2D eigenvalue weighted by atomic mass is 10.1. The van der Waals surface area contributed by atoms with Crippen LogP contribution in [0, 0.1) is 0 Å². The van der Waals surface area contributed by atoms with E-state index in [-0.39, 0.29) is 12.5 Å². The van der Waals surface area contributed by atoms with Gasteiger partial charge in [-0.05, 0) is 37.0 Å². The maximum Gasteiger partial charge on any atom is 0.314 e. The third kappa shape index (κ3) is 7.78. The van der Waals surface area contributed by atoms with Crippen molar-refractivity contribution in [1.82, 2.24) is 10.6 Å². The standard InChI is InChI=1S/C14H18Cl2N2O3/c15-11-5-4-10(12(16)9-11)6-8-18-14(21)17-7-2-1-3-13(19)20/h4-5,9H,1-3,6-8H2,(H,19,20)(H2,17,18,21). The Hall–Kier alpha value is -1.46. The van der Waals surface area contributed by atoms with Crippen LogP contribution in [0.25, 0.3) is 0 Å². The van der Waals surface area contributed by atoms with Gasteiger partial charge in [0.05, 0.1) is 0 Å². The Balaban J connectivity index is 2.14. The number of hydrogen-bond acceptors (Lipinski definition) is 2. The molecule has 7 heteroatoms. The van der Waals surface area contributed by atoms with Crippen molar-refractivity contribution in [2.24, 2.45) is 0 Å². The molecule has 116 valence electrons. The van der Waals surface area contributed by atoms with E-state index < -0.39 is 5.97 Å². The highest BCUT2D eigenvalue weighted by atomic mass is 35.5. The Morgan fingerprint density at radius 1 is 1.10 bits per heavy atom. The molecular formula is C14H18Cl2N2O3. The van der Waals surface area contributed by atoms with E-state index in [0.717, 1.165) is 5.56 Å². The smallest absolute Gasteiger partial charge is 0.314 e. The number of urea groups is 1. The van der Waals surface area contributed by atoms with Crippen molar-refractivity contribution < 1.29 is 14.7 Å². The molecule has 0 radical (unpaired) electrons. The van der Waals surface area contributed by atoms with Crippen molar-refractivity contribution >= 4 is 35.2 Å². The Bertz CT molecular complexity index is 495. The lowest BCUT2D eigenvalue weighted by Gasteiger charge is -2.08. The molecular weight excluding hydrogens is 315 g/mol. The molecule has 0 aliphatic rings. The molecule has 2 amide bonds. The van der Waals surface area contributed by atoms with E-state index in [1.807, 2.05) is 6.07 Å². The summed E-state index contributed by atoms with van der Waals surface area (Å²) >= 11 is 11.8. The minimum Gasteiger partial charge on any atom is -0.481 e. The van der Waals surface area contributed by atoms with Gasteiger partial charge in [-0.25, -0.2) is 4.79 Å². The van der Waals surface area contributed by atoms with E-state index in [1.165, 1.54) is 0 Å². The monoisotopic (exact) mass is 332 g/mol. The zero-order valence-corrected chi connectivity index (χ0v) is 13.0. The molecule has 0 saturated heterocycles. The van der Waals surface area contributed by atoms with Gasteiger partial charge in [0.25, 0.3) is 0 Å². The third-order valence-corrected chi connectivity index (χ3v) is 3.38. The summed E-state index contributed by atoms with van der Waals surface area (Å²) in [5.41, 5.74) is 0.919. The van der Waals surface area contributed by atoms with Gasteiger partial charge in [0.1, 0.15) is 0 Å². The molecule has 0 aromatic heterocycles. The van der Waals surface area contributed by atoms with Crippen molar-refractivity contribution in [3.63, 3.8) is 0 Å². The molecule has 0 saturated carbocycles. The number of carbonyl (C=O) groups excluding carboxylic acids is 1. The van der Waals surface area contributed by atoms with E-state index in [0.29, 0.717) is 42.4 Å². The average molecular weight is 333 g/mol. The normalized spacial score (nSPS) is 10.2. The fourth-order valence-corrected chi connectivity index (χ4v) is 2.20. The summed E-state index contributed by atoms with van der Waals surface area (Å²) in [4.78, 5) is 21.8. The van der Waals surface area contributed by atoms with Crippen LogP contribution in [0.5, 0.6) is 0 Å². The summed E-state index contributed by atoms with van der Waals surface area (Å²) < 4.78 is 0. The fraction of sp³-hybridized carbons (Fsp3) is 0.429. The molecule has 0 unspecified atom stereocenters. The van der Waals surface area contributed by atoms with Gasteiger partial charge in [0.15, 0.2) is 0 Å². The van der Waals surface area contributed by atoms with E-state index >= 15 is 0 Å². The number of hydrogen-bond donors (Lipinski definition) is 3. The maximum atomic E-state index is 11.5. The zero-order chi connectivity index (χ0) is 15.7. The first-order valence-corrected chi connectivity index (χ1v) is 7.42. The summed E-state index contributed by atoms with van der Waals surface area (Å²) in [6.07, 6.45) is 1.93. The lowest BCUT2D eigenvalue weighted by molar-refractivity contribution is -0.137. The Morgan fingerprint density at radius 3 is 2.48 bits per heavy atom. The van der Waals surface area contributed by atoms with Crippen molar-refractivity contribution in [2.45, 2.75) is 25.7 Å². The average Bonchev–Trinajstić information content (AvgIpc) is 2.40. The molecule has 21 heavy (non-hydrogen) atoms. The van der Waals surface area contributed by atoms with Crippen LogP contribution in [-0.2, 0) is 11.2 Å². The second kappa shape index (κ2) is 9.47. The largest absolute Gasteiger partial charge is 0.481 e. The first-order chi connectivity index (χ1) is 9.99. The number of amides is 2. The van der Waals surface area contributed by atoms with Crippen LogP contribution in [0.3, 0.4) is 0 Å². The molecule has 3 N–H and O–H groups in total. The molecule has 0 spiro atoms. The quantitative estimate of drug-likeness (QED) is 0.640. The summed E-state index contributed by atoms with van der Waals surface area (Å²) in [7, 11) is 0. The molecule has 0 aliphatic heterocycles. The molecule has 0 heterocycles. The maximum absolute atomic E-state index is 11.5. The first-order valence-electron chi connectivity index (χ1n) is 6.66. The second-order valence-electron chi connectivity index (χ2n) is 4.52. The topological polar surface area (TPSA) is 78.4 Å². The number of carbonyl (C=O) groups is 2. The highest BCUT2D eigenvalue weighted by Gasteiger charge is 2.03. The van der Waals surface area contributed by atoms with E-state index in [2.05, 4.69) is 10.6 Å². The molecule has 1 rings (SSSR count). The Kier molecular flexibility index (Phi) is 7.93. The van der Waals surface area contributed by atoms with Gasteiger partial charge in [-0.15, -0.1) is 0 Å². The van der Waals surface area contributed by atoms with E-state index in [9.17, 15) is 9.59 Å². The predicted molar refractivity (Wildman–Crippen MR) is 83.1 cm³/mol. The number of halogens is 2. The number of nitrogens with one attached hydrogen (secondary N) is 2. The van der Waals surface area contributed by atoms with Gasteiger partial charge in [-0.2, -0.15) is 0 Å². The van der Waals surface area contributed by atoms with Crippen LogP contribution in [0.4, 0.5) is 4.79 Å². The van der Waals surface area contributed by atoms with Crippen LogP contribution in [0.1, 0.15) is 24.8 Å². The molecule has 0 bridgehead atoms. The van der Waals surface area contributed by atoms with Crippen LogP contribution in [0.2, 0.25) is 10.0 Å². The van der Waals surface area contributed by atoms with Gasteiger partial charge < -0.3 is 15.7 Å². The van der Waals surface area contributed by atoms with Crippen molar-refractivity contribution in [3.05, 3.63) is 33.8 Å². The second-order valence-corrected chi connectivity index (χ2v) is 5.36. The molecule has 1 aromatic rings. The first kappa shape index (κ1) is 17.6. The molecule has 1 aromatic carbocycles. The lowest BCUT2D eigenvalue weighted by Crippen LogP contribution is -2.37. The van der Waals surface area contributed by atoms with Gasteiger partial charge >= 0.3 is 12.0 Å². The van der Waals surface area contributed by atoms with Crippen molar-refractivity contribution in [2.75, 3.05) is 13.1 Å². The minimum atomic E-state index is -0.820. The number of unbranched alkanes of at least 4 members (excludes halogenated alkanes) is 1. The van der Waals surface area contributed by atoms with Crippen LogP contribution < -0.4 is 10.6 Å². The number of rotatable bonds is 8. The van der Waals surface area contributed by atoms with Crippen molar-refractivity contribution in [3.8, 4) is 0 Å². The van der Waals surface area contributed by atoms with Gasteiger partial charge in [0, 0.05) is 29.6 Å². The summed E-state index contributed by atoms with van der Waals surface area (Å²) in [5.74, 6) is -0.820. The zero-order valence-electron chi connectivity index (χ0n) is 11.5. The summed E-state index contributed by atoms with van der Waals surface area (Å²) in [5, 5.41) is 15.0. The Morgan fingerprint density at radius 2 is 1.81 bits per heavy atom. The minimum absolute atomic E-state index is 0.123. The molecule has 5 nitrogen and oxygen atoms in total. The van der Waals surface area contributed by atoms with Gasteiger partial charge in [-0.3, -0.25) is 4.79 Å². The highest BCUT2D eigenvalue weighted by molar-refractivity contribution is 6.35. The SMILES string of the molecule is O=C(O)CCCCNC(=O)NCCc1ccc(Cl)cc1Cl. The van der Waals surface area contributed by atoms with Crippen LogP contribution in [-0.4, -0.2) is 30.2 Å². The fourth-order valence-electron chi connectivity index (χ4n) is 1.70. The number of carboxylic acids is 1. The number of benzene rings is 1. The van der Waals surface area contributed by atoms with Crippen LogP contribution in [0.15, 0.2) is 18.2 Å². The van der Waals surface area contributed by atoms with Gasteiger partial charge in [-0.1, -0.05) is 29.3 Å². The molecule has 0 aliphatic carbocycles. The molecule has 0 fully saturated rings. The summed E-state index contributed by atoms with van der Waals surface area (Å²) in [6.45, 7) is 0.920. The number of carboxylic acid groups (broad SMARTS) is 1. The van der Waals surface area contributed by atoms with E-state index in [4.69, 9.17) is 28.3 Å². The number of aliphatic carboxylic acids is 1. The third-order valence-electron chi connectivity index (χ3n) is 2.80. The Labute approximate surface area is 133 Å². The van der Waals surface area contributed by atoms with Crippen LogP contribution >= 0.6 is 23.2 Å². The van der Waals surface area contributed by atoms with Gasteiger partial charge in [0.2, 0.25) is 0 Å². The molecule has 0 atom stereocenters. The highest BCUT2D eigenvalue weighted by Crippen LogP contribution is 2.20.